The SMILES string of the molecule is COc1ccc(CC(=O)NCc2ccc3c(c2)NC(=O)CO3)cc1. The Bertz CT molecular complexity index is 756. The highest BCUT2D eigenvalue weighted by molar-refractivity contribution is 5.95. The van der Waals surface area contributed by atoms with Crippen LogP contribution in [0, 0.1) is 0 Å². The number of nitrogens with one attached hydrogen (secondary N) is 2. The molecule has 0 radical (unpaired) electrons. The normalized spacial score (nSPS) is 12.6. The van der Waals surface area contributed by atoms with Crippen LogP contribution in [0.15, 0.2) is 42.5 Å². The number of rotatable bonds is 5. The van der Waals surface area contributed by atoms with E-state index < -0.39 is 0 Å². The highest BCUT2D eigenvalue weighted by Crippen LogP contribution is 2.28. The molecule has 3 rings (SSSR count). The lowest BCUT2D eigenvalue weighted by Crippen LogP contribution is -2.26. The predicted octanol–water partition coefficient (Wildman–Crippen LogP) is 1.89. The third kappa shape index (κ3) is 3.84. The van der Waals surface area contributed by atoms with E-state index in [0.29, 0.717) is 24.4 Å². The summed E-state index contributed by atoms with van der Waals surface area (Å²) in [5, 5.41) is 5.62. The third-order valence-corrected chi connectivity index (χ3v) is 3.69. The maximum Gasteiger partial charge on any atom is 0.262 e. The van der Waals surface area contributed by atoms with E-state index in [-0.39, 0.29) is 18.4 Å². The smallest absolute Gasteiger partial charge is 0.262 e. The van der Waals surface area contributed by atoms with Gasteiger partial charge in [-0.15, -0.1) is 0 Å². The largest absolute Gasteiger partial charge is 0.497 e. The fraction of sp³-hybridized carbons (Fsp3) is 0.222. The summed E-state index contributed by atoms with van der Waals surface area (Å²) in [5.41, 5.74) is 2.44. The van der Waals surface area contributed by atoms with Crippen LogP contribution in [-0.2, 0) is 22.6 Å². The first-order valence-electron chi connectivity index (χ1n) is 7.59. The van der Waals surface area contributed by atoms with Crippen molar-refractivity contribution in [3.8, 4) is 11.5 Å². The summed E-state index contributed by atoms with van der Waals surface area (Å²) in [4.78, 5) is 23.4. The van der Waals surface area contributed by atoms with Crippen LogP contribution in [0.4, 0.5) is 5.69 Å². The van der Waals surface area contributed by atoms with Crippen LogP contribution >= 0.6 is 0 Å². The number of carbonyl (C=O) groups excluding carboxylic acids is 2. The standard InChI is InChI=1S/C18H18N2O4/c1-23-14-5-2-12(3-6-14)9-17(21)19-10-13-4-7-16-15(8-13)20-18(22)11-24-16/h2-8H,9-11H2,1H3,(H,19,21)(H,20,22). The van der Waals surface area contributed by atoms with Gasteiger partial charge in [0.15, 0.2) is 6.61 Å². The molecular formula is C18H18N2O4. The lowest BCUT2D eigenvalue weighted by Gasteiger charge is -2.18. The molecule has 0 unspecified atom stereocenters. The minimum atomic E-state index is -0.178. The highest BCUT2D eigenvalue weighted by Gasteiger charge is 2.16. The number of ether oxygens (including phenoxy) is 2. The molecule has 2 amide bonds. The fourth-order valence-electron chi connectivity index (χ4n) is 2.43. The number of amides is 2. The van der Waals surface area contributed by atoms with Gasteiger partial charge in [0.1, 0.15) is 11.5 Å². The summed E-state index contributed by atoms with van der Waals surface area (Å²) in [6.07, 6.45) is 0.300. The van der Waals surface area contributed by atoms with Gasteiger partial charge in [0.05, 0.1) is 19.2 Å². The Morgan fingerprint density at radius 3 is 2.71 bits per heavy atom. The van der Waals surface area contributed by atoms with Crippen molar-refractivity contribution in [1.29, 1.82) is 0 Å². The van der Waals surface area contributed by atoms with Crippen molar-refractivity contribution in [3.05, 3.63) is 53.6 Å². The van der Waals surface area contributed by atoms with Gasteiger partial charge in [-0.05, 0) is 35.4 Å². The van der Waals surface area contributed by atoms with Gasteiger partial charge in [-0.3, -0.25) is 9.59 Å². The molecular weight excluding hydrogens is 308 g/mol. The second-order valence-electron chi connectivity index (χ2n) is 5.47. The fourth-order valence-corrected chi connectivity index (χ4v) is 2.43. The number of hydrogen-bond acceptors (Lipinski definition) is 4. The maximum atomic E-state index is 12.0. The van der Waals surface area contributed by atoms with Gasteiger partial charge in [0, 0.05) is 6.54 Å². The molecule has 0 spiro atoms. The maximum absolute atomic E-state index is 12.0. The summed E-state index contributed by atoms with van der Waals surface area (Å²) < 4.78 is 10.4. The third-order valence-electron chi connectivity index (χ3n) is 3.69. The zero-order valence-corrected chi connectivity index (χ0v) is 13.3. The molecule has 0 saturated carbocycles. The van der Waals surface area contributed by atoms with Crippen LogP contribution in [0.1, 0.15) is 11.1 Å². The Balaban J connectivity index is 1.56. The molecule has 2 aromatic carbocycles. The van der Waals surface area contributed by atoms with Crippen LogP contribution in [-0.4, -0.2) is 25.5 Å². The van der Waals surface area contributed by atoms with Gasteiger partial charge in [0.2, 0.25) is 5.91 Å². The van der Waals surface area contributed by atoms with Crippen molar-refractivity contribution >= 4 is 17.5 Å². The number of fused-ring (bicyclic) bond motifs is 1. The molecule has 6 heteroatoms. The lowest BCUT2D eigenvalue weighted by atomic mass is 10.1. The van der Waals surface area contributed by atoms with Gasteiger partial charge >= 0.3 is 0 Å². The van der Waals surface area contributed by atoms with E-state index in [0.717, 1.165) is 16.9 Å². The van der Waals surface area contributed by atoms with Crippen molar-refractivity contribution in [1.82, 2.24) is 5.32 Å². The van der Waals surface area contributed by atoms with Crippen LogP contribution in [0.5, 0.6) is 11.5 Å². The van der Waals surface area contributed by atoms with Crippen molar-refractivity contribution in [2.75, 3.05) is 19.0 Å². The number of carbonyl (C=O) groups is 2. The van der Waals surface area contributed by atoms with E-state index in [9.17, 15) is 9.59 Å². The van der Waals surface area contributed by atoms with Gasteiger partial charge in [0.25, 0.3) is 5.91 Å². The van der Waals surface area contributed by atoms with Gasteiger partial charge in [-0.25, -0.2) is 0 Å². The zero-order chi connectivity index (χ0) is 16.9. The summed E-state index contributed by atoms with van der Waals surface area (Å²) >= 11 is 0. The van der Waals surface area contributed by atoms with Crippen LogP contribution in [0.3, 0.4) is 0 Å². The molecule has 0 bridgehead atoms. The van der Waals surface area contributed by atoms with E-state index in [1.165, 1.54) is 0 Å². The highest BCUT2D eigenvalue weighted by atomic mass is 16.5. The lowest BCUT2D eigenvalue weighted by molar-refractivity contribution is -0.120. The average molecular weight is 326 g/mol. The summed E-state index contributed by atoms with van der Waals surface area (Å²) in [5.74, 6) is 1.15. The van der Waals surface area contributed by atoms with Gasteiger partial charge < -0.3 is 20.1 Å². The second kappa shape index (κ2) is 7.04. The Kier molecular flexibility index (Phi) is 4.65. The van der Waals surface area contributed by atoms with Crippen molar-refractivity contribution < 1.29 is 19.1 Å². The van der Waals surface area contributed by atoms with Gasteiger partial charge in [-0.2, -0.15) is 0 Å². The molecule has 124 valence electrons. The molecule has 1 aliphatic heterocycles. The van der Waals surface area contributed by atoms with Crippen molar-refractivity contribution in [2.45, 2.75) is 13.0 Å². The summed E-state index contributed by atoms with van der Waals surface area (Å²) in [7, 11) is 1.60. The summed E-state index contributed by atoms with van der Waals surface area (Å²) in [6, 6.07) is 12.8. The number of anilines is 1. The van der Waals surface area contributed by atoms with Crippen molar-refractivity contribution in [2.24, 2.45) is 0 Å². The Hall–Kier alpha value is -3.02. The zero-order valence-electron chi connectivity index (χ0n) is 13.3. The second-order valence-corrected chi connectivity index (χ2v) is 5.47. The van der Waals surface area contributed by atoms with E-state index in [1.54, 1.807) is 19.2 Å². The minimum Gasteiger partial charge on any atom is -0.497 e. The van der Waals surface area contributed by atoms with E-state index >= 15 is 0 Å². The van der Waals surface area contributed by atoms with Crippen LogP contribution in [0.25, 0.3) is 0 Å². The van der Waals surface area contributed by atoms with Crippen LogP contribution in [0.2, 0.25) is 0 Å². The summed E-state index contributed by atoms with van der Waals surface area (Å²) in [6.45, 7) is 0.420. The molecule has 2 N–H and O–H groups in total. The monoisotopic (exact) mass is 326 g/mol. The molecule has 0 aliphatic carbocycles. The first kappa shape index (κ1) is 15.9. The molecule has 6 nitrogen and oxygen atoms in total. The molecule has 0 atom stereocenters. The number of methoxy groups -OCH3 is 1. The molecule has 1 aliphatic rings. The first-order chi connectivity index (χ1) is 11.6. The Morgan fingerprint density at radius 1 is 1.21 bits per heavy atom. The molecule has 0 aromatic heterocycles. The number of hydrogen-bond donors (Lipinski definition) is 2. The number of benzene rings is 2. The first-order valence-corrected chi connectivity index (χ1v) is 7.59. The Labute approximate surface area is 139 Å². The van der Waals surface area contributed by atoms with Crippen molar-refractivity contribution in [3.63, 3.8) is 0 Å². The van der Waals surface area contributed by atoms with E-state index in [2.05, 4.69) is 10.6 Å². The predicted molar refractivity (Wildman–Crippen MR) is 89.1 cm³/mol. The molecule has 0 saturated heterocycles. The average Bonchev–Trinajstić information content (AvgIpc) is 2.60. The minimum absolute atomic E-state index is 0.0327. The Morgan fingerprint density at radius 2 is 1.96 bits per heavy atom. The molecule has 0 fully saturated rings. The topological polar surface area (TPSA) is 76.7 Å². The van der Waals surface area contributed by atoms with E-state index in [4.69, 9.17) is 9.47 Å². The molecule has 24 heavy (non-hydrogen) atoms. The van der Waals surface area contributed by atoms with E-state index in [1.807, 2.05) is 30.3 Å². The van der Waals surface area contributed by atoms with Gasteiger partial charge in [-0.1, -0.05) is 18.2 Å². The molecule has 2 aromatic rings. The van der Waals surface area contributed by atoms with Crippen LogP contribution < -0.4 is 20.1 Å². The quantitative estimate of drug-likeness (QED) is 0.880. The molecule has 1 heterocycles.